The zero-order valence-corrected chi connectivity index (χ0v) is 16.0. The second kappa shape index (κ2) is 7.61. The van der Waals surface area contributed by atoms with Crippen molar-refractivity contribution in [2.45, 2.75) is 40.2 Å². The summed E-state index contributed by atoms with van der Waals surface area (Å²) < 4.78 is 0. The molecule has 0 radical (unpaired) electrons. The van der Waals surface area contributed by atoms with Gasteiger partial charge in [0.05, 0.1) is 5.69 Å². The molecule has 0 bridgehead atoms. The Balaban J connectivity index is 1.78. The fourth-order valence-corrected chi connectivity index (χ4v) is 3.02. The summed E-state index contributed by atoms with van der Waals surface area (Å²) >= 11 is 0. The molecule has 6 nitrogen and oxygen atoms in total. The minimum atomic E-state index is -0.170. The lowest BCUT2D eigenvalue weighted by atomic mass is 10.0. The molecule has 0 fully saturated rings. The van der Waals surface area contributed by atoms with Gasteiger partial charge in [-0.15, -0.1) is 0 Å². The van der Waals surface area contributed by atoms with Crippen molar-refractivity contribution in [2.75, 3.05) is 0 Å². The zero-order valence-electron chi connectivity index (χ0n) is 16.0. The maximum Gasteiger partial charge on any atom is 0.256 e. The number of nitrogens with one attached hydrogen (secondary N) is 3. The predicted octanol–water partition coefficient (Wildman–Crippen LogP) is 3.05. The number of carbonyl (C=O) groups is 1. The average Bonchev–Trinajstić information content (AvgIpc) is 3.02. The summed E-state index contributed by atoms with van der Waals surface area (Å²) in [4.78, 5) is 27.8. The Hall–Kier alpha value is -3.15. The van der Waals surface area contributed by atoms with E-state index in [0.29, 0.717) is 17.5 Å². The number of aromatic amines is 2. The SMILES string of the molecule is Cc1cc(C[C@H](C)NC(=O)c2cccc(-c3cc(C)c(C)[nH]c3=O)c2)n[nH]1. The summed E-state index contributed by atoms with van der Waals surface area (Å²) in [5.41, 5.74) is 5.41. The van der Waals surface area contributed by atoms with Gasteiger partial charge in [0.15, 0.2) is 0 Å². The van der Waals surface area contributed by atoms with Crippen LogP contribution in [-0.4, -0.2) is 27.1 Å². The number of benzene rings is 1. The monoisotopic (exact) mass is 364 g/mol. The zero-order chi connectivity index (χ0) is 19.6. The molecule has 0 unspecified atom stereocenters. The van der Waals surface area contributed by atoms with Crippen LogP contribution in [0.4, 0.5) is 0 Å². The molecule has 3 rings (SSSR count). The van der Waals surface area contributed by atoms with E-state index in [9.17, 15) is 9.59 Å². The molecule has 1 atom stereocenters. The second-order valence-electron chi connectivity index (χ2n) is 7.02. The Morgan fingerprint density at radius 2 is 1.96 bits per heavy atom. The van der Waals surface area contributed by atoms with Gasteiger partial charge in [-0.3, -0.25) is 14.7 Å². The number of aromatic nitrogens is 3. The fourth-order valence-electron chi connectivity index (χ4n) is 3.02. The molecule has 2 aromatic heterocycles. The summed E-state index contributed by atoms with van der Waals surface area (Å²) in [5, 5.41) is 10.1. The van der Waals surface area contributed by atoms with E-state index in [4.69, 9.17) is 0 Å². The highest BCUT2D eigenvalue weighted by atomic mass is 16.1. The largest absolute Gasteiger partial charge is 0.349 e. The molecule has 140 valence electrons. The van der Waals surface area contributed by atoms with E-state index in [2.05, 4.69) is 20.5 Å². The molecule has 0 saturated heterocycles. The van der Waals surface area contributed by atoms with Gasteiger partial charge in [0.25, 0.3) is 11.5 Å². The van der Waals surface area contributed by atoms with E-state index in [1.54, 1.807) is 18.2 Å². The highest BCUT2D eigenvalue weighted by Crippen LogP contribution is 2.19. The molecule has 3 N–H and O–H groups in total. The fraction of sp³-hybridized carbons (Fsp3) is 0.286. The molecule has 0 saturated carbocycles. The van der Waals surface area contributed by atoms with E-state index < -0.39 is 0 Å². The minimum absolute atomic E-state index is 0.0612. The normalized spacial score (nSPS) is 12.0. The van der Waals surface area contributed by atoms with Crippen LogP contribution in [-0.2, 0) is 6.42 Å². The van der Waals surface area contributed by atoms with Crippen LogP contribution in [0.25, 0.3) is 11.1 Å². The second-order valence-corrected chi connectivity index (χ2v) is 7.02. The van der Waals surface area contributed by atoms with Gasteiger partial charge < -0.3 is 10.3 Å². The number of nitrogens with zero attached hydrogens (tertiary/aromatic N) is 1. The number of hydrogen-bond donors (Lipinski definition) is 3. The van der Waals surface area contributed by atoms with Gasteiger partial charge in [-0.05, 0) is 63.1 Å². The molecule has 1 aromatic carbocycles. The van der Waals surface area contributed by atoms with Gasteiger partial charge >= 0.3 is 0 Å². The lowest BCUT2D eigenvalue weighted by molar-refractivity contribution is 0.0940. The smallest absolute Gasteiger partial charge is 0.256 e. The highest BCUT2D eigenvalue weighted by Gasteiger charge is 2.13. The van der Waals surface area contributed by atoms with Gasteiger partial charge in [0, 0.05) is 35.0 Å². The van der Waals surface area contributed by atoms with Crippen molar-refractivity contribution in [1.29, 1.82) is 0 Å². The van der Waals surface area contributed by atoms with Crippen molar-refractivity contribution in [3.05, 3.63) is 75.0 Å². The third-order valence-corrected chi connectivity index (χ3v) is 4.59. The molecule has 0 spiro atoms. The Kier molecular flexibility index (Phi) is 5.26. The molecule has 6 heteroatoms. The molecule has 27 heavy (non-hydrogen) atoms. The van der Waals surface area contributed by atoms with Crippen LogP contribution < -0.4 is 10.9 Å². The lowest BCUT2D eigenvalue weighted by Crippen LogP contribution is -2.34. The van der Waals surface area contributed by atoms with Gasteiger partial charge in [0.2, 0.25) is 0 Å². The van der Waals surface area contributed by atoms with Gasteiger partial charge in [0.1, 0.15) is 0 Å². The topological polar surface area (TPSA) is 90.6 Å². The average molecular weight is 364 g/mol. The third kappa shape index (κ3) is 4.34. The number of H-pyrrole nitrogens is 2. The number of hydrogen-bond acceptors (Lipinski definition) is 3. The van der Waals surface area contributed by atoms with Crippen LogP contribution in [0.3, 0.4) is 0 Å². The molecule has 1 amide bonds. The van der Waals surface area contributed by atoms with Crippen molar-refractivity contribution in [1.82, 2.24) is 20.5 Å². The first kappa shape index (κ1) is 18.6. The first-order chi connectivity index (χ1) is 12.8. The van der Waals surface area contributed by atoms with Crippen molar-refractivity contribution < 1.29 is 4.79 Å². The van der Waals surface area contributed by atoms with Crippen LogP contribution in [0, 0.1) is 20.8 Å². The standard InChI is InChI=1S/C21H24N4O2/c1-12-8-19(21(27)23-15(12)4)16-6-5-7-17(11-16)20(26)22-13(2)9-18-10-14(3)24-25-18/h5-8,10-11,13H,9H2,1-4H3,(H,22,26)(H,23,27)(H,24,25)/t13-/m0/s1. The van der Waals surface area contributed by atoms with E-state index in [0.717, 1.165) is 28.2 Å². The van der Waals surface area contributed by atoms with E-state index in [1.165, 1.54) is 0 Å². The van der Waals surface area contributed by atoms with Gasteiger partial charge in [-0.25, -0.2) is 0 Å². The van der Waals surface area contributed by atoms with Crippen LogP contribution in [0.5, 0.6) is 0 Å². The summed E-state index contributed by atoms with van der Waals surface area (Å²) in [7, 11) is 0. The molecular weight excluding hydrogens is 340 g/mol. The Bertz CT molecular complexity index is 1030. The molecular formula is C21H24N4O2. The van der Waals surface area contributed by atoms with Crippen LogP contribution in [0.15, 0.2) is 41.2 Å². The lowest BCUT2D eigenvalue weighted by Gasteiger charge is -2.13. The summed E-state index contributed by atoms with van der Waals surface area (Å²) in [6.07, 6.45) is 0.645. The van der Waals surface area contributed by atoms with E-state index >= 15 is 0 Å². The van der Waals surface area contributed by atoms with Crippen LogP contribution in [0.2, 0.25) is 0 Å². The Labute approximate surface area is 158 Å². The maximum atomic E-state index is 12.6. The van der Waals surface area contributed by atoms with Gasteiger partial charge in [-0.2, -0.15) is 5.10 Å². The first-order valence-corrected chi connectivity index (χ1v) is 8.96. The Morgan fingerprint density at radius 1 is 1.19 bits per heavy atom. The van der Waals surface area contributed by atoms with Crippen molar-refractivity contribution in [3.63, 3.8) is 0 Å². The molecule has 2 heterocycles. The number of rotatable bonds is 5. The number of pyridine rings is 1. The van der Waals surface area contributed by atoms with Crippen molar-refractivity contribution >= 4 is 5.91 Å². The molecule has 0 aliphatic carbocycles. The predicted molar refractivity (Wildman–Crippen MR) is 106 cm³/mol. The highest BCUT2D eigenvalue weighted by molar-refractivity contribution is 5.95. The molecule has 0 aliphatic heterocycles. The molecule has 3 aromatic rings. The number of amides is 1. The van der Waals surface area contributed by atoms with Gasteiger partial charge in [-0.1, -0.05) is 12.1 Å². The van der Waals surface area contributed by atoms with Crippen LogP contribution >= 0.6 is 0 Å². The first-order valence-electron chi connectivity index (χ1n) is 8.96. The maximum absolute atomic E-state index is 12.6. The van der Waals surface area contributed by atoms with Crippen molar-refractivity contribution in [3.8, 4) is 11.1 Å². The Morgan fingerprint density at radius 3 is 2.67 bits per heavy atom. The van der Waals surface area contributed by atoms with Crippen LogP contribution in [0.1, 0.15) is 39.9 Å². The minimum Gasteiger partial charge on any atom is -0.349 e. The van der Waals surface area contributed by atoms with E-state index in [1.807, 2.05) is 45.9 Å². The summed E-state index contributed by atoms with van der Waals surface area (Å²) in [6, 6.07) is 10.9. The van der Waals surface area contributed by atoms with Crippen molar-refractivity contribution in [2.24, 2.45) is 0 Å². The molecule has 0 aliphatic rings. The van der Waals surface area contributed by atoms with E-state index in [-0.39, 0.29) is 17.5 Å². The number of carbonyl (C=O) groups excluding carboxylic acids is 1. The summed E-state index contributed by atoms with van der Waals surface area (Å²) in [6.45, 7) is 7.70. The third-order valence-electron chi connectivity index (χ3n) is 4.59. The number of aryl methyl sites for hydroxylation is 3. The quantitative estimate of drug-likeness (QED) is 0.650. The summed E-state index contributed by atoms with van der Waals surface area (Å²) in [5.74, 6) is -0.170.